The van der Waals surface area contributed by atoms with Crippen molar-refractivity contribution in [3.8, 4) is 5.75 Å². The number of hydrogen-bond acceptors (Lipinski definition) is 5. The third-order valence-electron chi connectivity index (χ3n) is 5.14. The van der Waals surface area contributed by atoms with Crippen molar-refractivity contribution >= 4 is 23.1 Å². The molecule has 1 unspecified atom stereocenters. The van der Waals surface area contributed by atoms with Gasteiger partial charge in [0.1, 0.15) is 34.9 Å². The maximum Gasteiger partial charge on any atom is 0.300 e. The standard InChI is InChI=1S/C25H21F2NO5/c1-14(2)13-33-17-8-5-15(6-9-17)23(29)21-22(20-4-3-11-32-20)28(25(31)24(21)30)19-10-7-16(26)12-18(19)27/h3-12,14,22,29H,13H2,1-2H3/b23-21-. The molecule has 3 aromatic rings. The number of anilines is 1. The molecule has 4 rings (SSSR count). The molecule has 170 valence electrons. The van der Waals surface area contributed by atoms with Crippen molar-refractivity contribution in [1.82, 2.24) is 0 Å². The van der Waals surface area contributed by atoms with E-state index in [0.717, 1.165) is 17.0 Å². The number of carbonyl (C=O) groups excluding carboxylic acids is 2. The molecule has 2 aromatic carbocycles. The lowest BCUT2D eigenvalue weighted by Gasteiger charge is -2.23. The van der Waals surface area contributed by atoms with Gasteiger partial charge in [0.15, 0.2) is 0 Å². The summed E-state index contributed by atoms with van der Waals surface area (Å²) in [7, 11) is 0. The maximum atomic E-state index is 14.6. The molecule has 0 spiro atoms. The molecule has 1 N–H and O–H groups in total. The van der Waals surface area contributed by atoms with Crippen molar-refractivity contribution in [3.63, 3.8) is 0 Å². The van der Waals surface area contributed by atoms with Crippen LogP contribution in [0.1, 0.15) is 31.2 Å². The Morgan fingerprint density at radius 2 is 1.85 bits per heavy atom. The number of halogens is 2. The van der Waals surface area contributed by atoms with Crippen LogP contribution in [0.15, 0.2) is 70.9 Å². The fourth-order valence-electron chi connectivity index (χ4n) is 3.60. The van der Waals surface area contributed by atoms with Gasteiger partial charge in [-0.25, -0.2) is 8.78 Å². The van der Waals surface area contributed by atoms with Gasteiger partial charge in [-0.1, -0.05) is 13.8 Å². The maximum absolute atomic E-state index is 14.6. The van der Waals surface area contributed by atoms with Crippen LogP contribution in [0.25, 0.3) is 5.76 Å². The Morgan fingerprint density at radius 3 is 2.45 bits per heavy atom. The number of hydrogen-bond donors (Lipinski definition) is 1. The molecule has 1 amide bonds. The lowest BCUT2D eigenvalue weighted by atomic mass is 9.99. The summed E-state index contributed by atoms with van der Waals surface area (Å²) in [6.45, 7) is 4.54. The number of benzene rings is 2. The normalized spacial score (nSPS) is 17.7. The molecule has 1 aliphatic heterocycles. The second-order valence-corrected chi connectivity index (χ2v) is 8.01. The number of carbonyl (C=O) groups is 2. The molecule has 0 saturated carbocycles. The smallest absolute Gasteiger partial charge is 0.300 e. The first-order valence-corrected chi connectivity index (χ1v) is 10.3. The van der Waals surface area contributed by atoms with Crippen LogP contribution in [0.2, 0.25) is 0 Å². The van der Waals surface area contributed by atoms with E-state index >= 15 is 0 Å². The first kappa shape index (κ1) is 22.3. The van der Waals surface area contributed by atoms with Crippen molar-refractivity contribution < 1.29 is 32.6 Å². The van der Waals surface area contributed by atoms with Crippen LogP contribution >= 0.6 is 0 Å². The van der Waals surface area contributed by atoms with Gasteiger partial charge in [-0.3, -0.25) is 14.5 Å². The molecular formula is C25H21F2NO5. The fourth-order valence-corrected chi connectivity index (χ4v) is 3.60. The Bertz CT molecular complexity index is 1220. The number of ether oxygens (including phenoxy) is 1. The molecule has 0 aliphatic carbocycles. The topological polar surface area (TPSA) is 80.0 Å². The molecule has 1 aromatic heterocycles. The molecule has 8 heteroatoms. The van der Waals surface area contributed by atoms with E-state index in [4.69, 9.17) is 9.15 Å². The van der Waals surface area contributed by atoms with Crippen molar-refractivity contribution in [3.05, 3.63) is 89.4 Å². The molecule has 0 radical (unpaired) electrons. The van der Waals surface area contributed by atoms with Gasteiger partial charge in [0, 0.05) is 11.6 Å². The largest absolute Gasteiger partial charge is 0.507 e. The van der Waals surface area contributed by atoms with Crippen LogP contribution in [-0.4, -0.2) is 23.4 Å². The molecule has 6 nitrogen and oxygen atoms in total. The van der Waals surface area contributed by atoms with E-state index in [0.29, 0.717) is 24.3 Å². The second kappa shape index (κ2) is 8.90. The highest BCUT2D eigenvalue weighted by molar-refractivity contribution is 6.51. The lowest BCUT2D eigenvalue weighted by molar-refractivity contribution is -0.132. The third kappa shape index (κ3) is 4.24. The van der Waals surface area contributed by atoms with E-state index in [1.165, 1.54) is 18.4 Å². The number of furan rings is 1. The SMILES string of the molecule is CC(C)COc1ccc(/C(O)=C2/C(=O)C(=O)N(c3ccc(F)cc3F)C2c2ccco2)cc1. The van der Waals surface area contributed by atoms with Gasteiger partial charge in [-0.2, -0.15) is 0 Å². The highest BCUT2D eigenvalue weighted by Crippen LogP contribution is 2.43. The van der Waals surface area contributed by atoms with Crippen LogP contribution < -0.4 is 9.64 Å². The van der Waals surface area contributed by atoms with Crippen LogP contribution in [0.4, 0.5) is 14.5 Å². The Labute approximate surface area is 188 Å². The summed E-state index contributed by atoms with van der Waals surface area (Å²) in [6.07, 6.45) is 1.33. The second-order valence-electron chi connectivity index (χ2n) is 8.01. The summed E-state index contributed by atoms with van der Waals surface area (Å²) < 4.78 is 39.1. The third-order valence-corrected chi connectivity index (χ3v) is 5.14. The minimum absolute atomic E-state index is 0.136. The number of rotatable bonds is 6. The van der Waals surface area contributed by atoms with Crippen LogP contribution in [-0.2, 0) is 9.59 Å². The quantitative estimate of drug-likeness (QED) is 0.315. The zero-order valence-corrected chi connectivity index (χ0v) is 17.9. The van der Waals surface area contributed by atoms with E-state index in [1.54, 1.807) is 24.3 Å². The molecule has 0 bridgehead atoms. The zero-order chi connectivity index (χ0) is 23.7. The van der Waals surface area contributed by atoms with E-state index in [-0.39, 0.29) is 22.6 Å². The molecule has 33 heavy (non-hydrogen) atoms. The average Bonchev–Trinajstić information content (AvgIpc) is 3.40. The van der Waals surface area contributed by atoms with Crippen LogP contribution in [0.5, 0.6) is 5.75 Å². The van der Waals surface area contributed by atoms with E-state index < -0.39 is 35.1 Å². The van der Waals surface area contributed by atoms with Crippen molar-refractivity contribution in [1.29, 1.82) is 0 Å². The predicted octanol–water partition coefficient (Wildman–Crippen LogP) is 5.22. The summed E-state index contributed by atoms with van der Waals surface area (Å²) in [4.78, 5) is 26.7. The first-order valence-electron chi connectivity index (χ1n) is 10.3. The van der Waals surface area contributed by atoms with Gasteiger partial charge < -0.3 is 14.3 Å². The Morgan fingerprint density at radius 1 is 1.12 bits per heavy atom. The van der Waals surface area contributed by atoms with Crippen LogP contribution in [0, 0.1) is 17.6 Å². The average molecular weight is 453 g/mol. The number of aliphatic hydroxyl groups is 1. The number of nitrogens with zero attached hydrogens (tertiary/aromatic N) is 1. The van der Waals surface area contributed by atoms with Gasteiger partial charge in [0.2, 0.25) is 0 Å². The predicted molar refractivity (Wildman–Crippen MR) is 117 cm³/mol. The highest BCUT2D eigenvalue weighted by atomic mass is 19.1. The number of amides is 1. The lowest BCUT2D eigenvalue weighted by Crippen LogP contribution is -2.30. The van der Waals surface area contributed by atoms with Crippen molar-refractivity contribution in [2.75, 3.05) is 11.5 Å². The minimum atomic E-state index is -1.24. The molecular weight excluding hydrogens is 432 g/mol. The highest BCUT2D eigenvalue weighted by Gasteiger charge is 2.49. The molecule has 1 atom stereocenters. The van der Waals surface area contributed by atoms with E-state index in [2.05, 4.69) is 0 Å². The van der Waals surface area contributed by atoms with E-state index in [1.807, 2.05) is 13.8 Å². The van der Waals surface area contributed by atoms with E-state index in [9.17, 15) is 23.5 Å². The number of aliphatic hydroxyl groups excluding tert-OH is 1. The summed E-state index contributed by atoms with van der Waals surface area (Å²) in [5, 5.41) is 11.0. The Hall–Kier alpha value is -3.94. The number of ketones is 1. The summed E-state index contributed by atoms with van der Waals surface area (Å²) in [6, 6.07) is 10.8. The number of Topliss-reactive ketones (excluding diaryl/α,β-unsaturated/α-hetero) is 1. The summed E-state index contributed by atoms with van der Waals surface area (Å²) in [5.41, 5.74) is -0.313. The van der Waals surface area contributed by atoms with Crippen LogP contribution in [0.3, 0.4) is 0 Å². The summed E-state index contributed by atoms with van der Waals surface area (Å²) >= 11 is 0. The molecule has 2 heterocycles. The summed E-state index contributed by atoms with van der Waals surface area (Å²) in [5.74, 6) is -3.35. The fraction of sp³-hybridized carbons (Fsp3) is 0.200. The minimum Gasteiger partial charge on any atom is -0.507 e. The monoisotopic (exact) mass is 453 g/mol. The molecule has 1 saturated heterocycles. The Balaban J connectivity index is 1.80. The van der Waals surface area contributed by atoms with Crippen molar-refractivity contribution in [2.45, 2.75) is 19.9 Å². The zero-order valence-electron chi connectivity index (χ0n) is 17.9. The Kier molecular flexibility index (Phi) is 6.00. The molecule has 1 aliphatic rings. The first-order chi connectivity index (χ1) is 15.8. The van der Waals surface area contributed by atoms with Gasteiger partial charge in [-0.15, -0.1) is 0 Å². The molecule has 1 fully saturated rings. The van der Waals surface area contributed by atoms with Gasteiger partial charge in [0.25, 0.3) is 11.7 Å². The van der Waals surface area contributed by atoms with Crippen molar-refractivity contribution in [2.24, 2.45) is 5.92 Å². The van der Waals surface area contributed by atoms with Gasteiger partial charge in [0.05, 0.1) is 24.1 Å². The van der Waals surface area contributed by atoms with Gasteiger partial charge in [-0.05, 0) is 54.4 Å². The van der Waals surface area contributed by atoms with Gasteiger partial charge >= 0.3 is 0 Å².